The maximum atomic E-state index is 12.9. The van der Waals surface area contributed by atoms with E-state index in [1.54, 1.807) is 24.3 Å². The molecule has 4 nitrogen and oxygen atoms in total. The monoisotopic (exact) mass is 353 g/mol. The Balaban J connectivity index is 1.67. The molecule has 1 aliphatic heterocycles. The van der Waals surface area contributed by atoms with Crippen molar-refractivity contribution in [3.8, 4) is 0 Å². The summed E-state index contributed by atoms with van der Waals surface area (Å²) in [6, 6.07) is 16.4. The van der Waals surface area contributed by atoms with Gasteiger partial charge in [-0.25, -0.2) is 12.7 Å². The van der Waals surface area contributed by atoms with Crippen molar-refractivity contribution in [3.05, 3.63) is 71.3 Å². The average molecular weight is 353 g/mol. The van der Waals surface area contributed by atoms with Crippen molar-refractivity contribution in [2.75, 3.05) is 6.54 Å². The van der Waals surface area contributed by atoms with Gasteiger partial charge in [-0.05, 0) is 37.1 Å². The Morgan fingerprint density at radius 1 is 0.960 bits per heavy atom. The van der Waals surface area contributed by atoms with E-state index in [-0.39, 0.29) is 29.2 Å². The van der Waals surface area contributed by atoms with Gasteiger partial charge in [-0.1, -0.05) is 53.6 Å². The highest BCUT2D eigenvalue weighted by atomic mass is 32.2. The van der Waals surface area contributed by atoms with E-state index >= 15 is 0 Å². The SMILES string of the molecule is CC1=C(c2ccccc2)[C@@H]2C(=O)N(S(=O)(=O)c3ccc(C)cc3)C[C@H]12. The normalized spacial score (nSPS) is 22.8. The van der Waals surface area contributed by atoms with E-state index in [1.165, 1.54) is 0 Å². The highest BCUT2D eigenvalue weighted by Crippen LogP contribution is 2.52. The molecule has 2 aromatic rings. The first kappa shape index (κ1) is 16.1. The lowest BCUT2D eigenvalue weighted by Gasteiger charge is -2.33. The van der Waals surface area contributed by atoms with Crippen molar-refractivity contribution in [1.29, 1.82) is 0 Å². The van der Waals surface area contributed by atoms with Crippen LogP contribution in [-0.2, 0) is 14.8 Å². The quantitative estimate of drug-likeness (QED) is 0.851. The molecular weight excluding hydrogens is 334 g/mol. The lowest BCUT2D eigenvalue weighted by Crippen LogP contribution is -2.34. The molecule has 2 atom stereocenters. The Hall–Kier alpha value is -2.40. The molecular formula is C20H19NO3S. The van der Waals surface area contributed by atoms with Crippen LogP contribution in [0.4, 0.5) is 0 Å². The number of amides is 1. The van der Waals surface area contributed by atoms with Crippen LogP contribution in [0.5, 0.6) is 0 Å². The number of aryl methyl sites for hydroxylation is 1. The molecule has 5 heteroatoms. The number of carbonyl (C=O) groups is 1. The lowest BCUT2D eigenvalue weighted by atomic mass is 9.68. The first-order valence-electron chi connectivity index (χ1n) is 8.30. The molecule has 1 saturated heterocycles. The molecule has 4 rings (SSSR count). The molecule has 1 amide bonds. The minimum absolute atomic E-state index is 0.0112. The van der Waals surface area contributed by atoms with E-state index in [1.807, 2.05) is 44.2 Å². The molecule has 0 radical (unpaired) electrons. The van der Waals surface area contributed by atoms with Crippen LogP contribution < -0.4 is 0 Å². The second-order valence-electron chi connectivity index (χ2n) is 6.73. The van der Waals surface area contributed by atoms with Crippen LogP contribution in [0.2, 0.25) is 0 Å². The Kier molecular flexibility index (Phi) is 3.58. The first-order valence-corrected chi connectivity index (χ1v) is 9.74. The molecule has 0 bridgehead atoms. The molecule has 1 aliphatic carbocycles. The summed E-state index contributed by atoms with van der Waals surface area (Å²) in [6.07, 6.45) is 0. The second-order valence-corrected chi connectivity index (χ2v) is 8.60. The van der Waals surface area contributed by atoms with Crippen molar-refractivity contribution in [3.63, 3.8) is 0 Å². The summed E-state index contributed by atoms with van der Waals surface area (Å²) in [7, 11) is -3.80. The van der Waals surface area contributed by atoms with Gasteiger partial charge in [-0.2, -0.15) is 0 Å². The number of benzene rings is 2. The van der Waals surface area contributed by atoms with Crippen LogP contribution in [-0.4, -0.2) is 25.2 Å². The predicted octanol–water partition coefficient (Wildman–Crippen LogP) is 3.25. The summed E-state index contributed by atoms with van der Waals surface area (Å²) in [5.41, 5.74) is 4.09. The van der Waals surface area contributed by atoms with Crippen LogP contribution in [0.3, 0.4) is 0 Å². The van der Waals surface area contributed by atoms with Crippen LogP contribution in [0.1, 0.15) is 18.1 Å². The molecule has 0 N–H and O–H groups in total. The summed E-state index contributed by atoms with van der Waals surface area (Å²) < 4.78 is 26.9. The molecule has 128 valence electrons. The van der Waals surface area contributed by atoms with Gasteiger partial charge < -0.3 is 0 Å². The van der Waals surface area contributed by atoms with Gasteiger partial charge in [0, 0.05) is 12.5 Å². The summed E-state index contributed by atoms with van der Waals surface area (Å²) >= 11 is 0. The highest BCUT2D eigenvalue weighted by molar-refractivity contribution is 7.89. The minimum atomic E-state index is -3.80. The lowest BCUT2D eigenvalue weighted by molar-refractivity contribution is -0.126. The van der Waals surface area contributed by atoms with Crippen LogP contribution in [0.15, 0.2) is 65.1 Å². The smallest absolute Gasteiger partial charge is 0.266 e. The fourth-order valence-electron chi connectivity index (χ4n) is 3.84. The predicted molar refractivity (Wildman–Crippen MR) is 96.1 cm³/mol. The van der Waals surface area contributed by atoms with Gasteiger partial charge in [-0.15, -0.1) is 0 Å². The van der Waals surface area contributed by atoms with Gasteiger partial charge in [0.05, 0.1) is 10.8 Å². The van der Waals surface area contributed by atoms with Gasteiger partial charge in [0.1, 0.15) is 0 Å². The topological polar surface area (TPSA) is 54.5 Å². The molecule has 25 heavy (non-hydrogen) atoms. The first-order chi connectivity index (χ1) is 11.9. The summed E-state index contributed by atoms with van der Waals surface area (Å²) in [5, 5.41) is 0. The number of fused-ring (bicyclic) bond motifs is 1. The van der Waals surface area contributed by atoms with E-state index in [2.05, 4.69) is 0 Å². The zero-order valence-corrected chi connectivity index (χ0v) is 15.0. The number of hydrogen-bond donors (Lipinski definition) is 0. The van der Waals surface area contributed by atoms with Gasteiger partial charge in [0.25, 0.3) is 10.0 Å². The van der Waals surface area contributed by atoms with Crippen LogP contribution >= 0.6 is 0 Å². The highest BCUT2D eigenvalue weighted by Gasteiger charge is 2.54. The fraction of sp³-hybridized carbons (Fsp3) is 0.250. The zero-order valence-electron chi connectivity index (χ0n) is 14.1. The maximum Gasteiger partial charge on any atom is 0.266 e. The van der Waals surface area contributed by atoms with Crippen LogP contribution in [0.25, 0.3) is 5.57 Å². The molecule has 0 saturated carbocycles. The van der Waals surface area contributed by atoms with E-state index < -0.39 is 10.0 Å². The van der Waals surface area contributed by atoms with Crippen molar-refractivity contribution in [2.24, 2.45) is 11.8 Å². The molecule has 1 fully saturated rings. The number of sulfonamides is 1. The van der Waals surface area contributed by atoms with Gasteiger partial charge in [0.15, 0.2) is 0 Å². The molecule has 1 heterocycles. The van der Waals surface area contributed by atoms with E-state index in [9.17, 15) is 13.2 Å². The largest absolute Gasteiger partial charge is 0.273 e. The third-order valence-corrected chi connectivity index (χ3v) is 7.04. The van der Waals surface area contributed by atoms with Gasteiger partial charge in [-0.3, -0.25) is 4.79 Å². The number of rotatable bonds is 3. The molecule has 0 unspecified atom stereocenters. The standard InChI is InChI=1S/C20H19NO3S/c1-13-8-10-16(11-9-13)25(23,24)21-12-17-14(2)18(19(17)20(21)22)15-6-4-3-5-7-15/h3-11,17,19H,12H2,1-2H3/t17-,19-/m1/s1. The Morgan fingerprint density at radius 2 is 1.60 bits per heavy atom. The molecule has 2 aromatic carbocycles. The number of hydrogen-bond acceptors (Lipinski definition) is 3. The van der Waals surface area contributed by atoms with Gasteiger partial charge in [0.2, 0.25) is 5.91 Å². The second kappa shape index (κ2) is 5.56. The Labute approximate surface area is 147 Å². The van der Waals surface area contributed by atoms with E-state index in [0.717, 1.165) is 26.6 Å². The average Bonchev–Trinajstić information content (AvgIpc) is 2.90. The summed E-state index contributed by atoms with van der Waals surface area (Å²) in [4.78, 5) is 13.1. The number of carbonyl (C=O) groups excluding carboxylic acids is 1. The van der Waals surface area contributed by atoms with Crippen molar-refractivity contribution in [1.82, 2.24) is 4.31 Å². The van der Waals surface area contributed by atoms with Crippen LogP contribution in [0, 0.1) is 18.8 Å². The molecule has 0 spiro atoms. The molecule has 0 aromatic heterocycles. The third kappa shape index (κ3) is 2.34. The fourth-order valence-corrected chi connectivity index (χ4v) is 5.28. The van der Waals surface area contributed by atoms with E-state index in [0.29, 0.717) is 0 Å². The summed E-state index contributed by atoms with van der Waals surface area (Å²) in [6.45, 7) is 4.14. The zero-order chi connectivity index (χ0) is 17.8. The summed E-state index contributed by atoms with van der Waals surface area (Å²) in [5.74, 6) is -0.666. The number of nitrogens with zero attached hydrogens (tertiary/aromatic N) is 1. The van der Waals surface area contributed by atoms with Crippen molar-refractivity contribution in [2.45, 2.75) is 18.7 Å². The Morgan fingerprint density at radius 3 is 2.24 bits per heavy atom. The third-order valence-electron chi connectivity index (χ3n) is 5.26. The van der Waals surface area contributed by atoms with Crippen molar-refractivity contribution >= 4 is 21.5 Å². The maximum absolute atomic E-state index is 12.9. The van der Waals surface area contributed by atoms with Crippen molar-refractivity contribution < 1.29 is 13.2 Å². The van der Waals surface area contributed by atoms with E-state index in [4.69, 9.17) is 0 Å². The Bertz CT molecular complexity index is 975. The van der Waals surface area contributed by atoms with Gasteiger partial charge >= 0.3 is 0 Å². The molecule has 2 aliphatic rings. The minimum Gasteiger partial charge on any atom is -0.273 e.